The molecule has 3 atom stereocenters. The summed E-state index contributed by atoms with van der Waals surface area (Å²) in [7, 11) is 1.81. The number of fused-ring (bicyclic) bond motifs is 4. The maximum absolute atomic E-state index is 15.0. The molecule has 2 bridgehead atoms. The lowest BCUT2D eigenvalue weighted by Gasteiger charge is -2.42. The molecule has 1 amide bonds. The maximum atomic E-state index is 15.0. The van der Waals surface area contributed by atoms with Gasteiger partial charge in [-0.25, -0.2) is 4.39 Å². The van der Waals surface area contributed by atoms with E-state index in [-0.39, 0.29) is 18.4 Å². The third kappa shape index (κ3) is 4.38. The van der Waals surface area contributed by atoms with E-state index in [1.807, 2.05) is 31.3 Å². The van der Waals surface area contributed by atoms with Gasteiger partial charge in [0, 0.05) is 25.1 Å². The van der Waals surface area contributed by atoms with E-state index >= 15 is 0 Å². The van der Waals surface area contributed by atoms with Crippen LogP contribution in [0.1, 0.15) is 36.8 Å². The van der Waals surface area contributed by atoms with Gasteiger partial charge in [-0.3, -0.25) is 4.79 Å². The molecule has 1 aliphatic carbocycles. The molecule has 6 nitrogen and oxygen atoms in total. The van der Waals surface area contributed by atoms with Crippen molar-refractivity contribution in [2.75, 3.05) is 7.05 Å². The highest BCUT2D eigenvalue weighted by Gasteiger charge is 2.39. The van der Waals surface area contributed by atoms with E-state index in [0.717, 1.165) is 47.3 Å². The van der Waals surface area contributed by atoms with Gasteiger partial charge in [0.05, 0.1) is 30.0 Å². The van der Waals surface area contributed by atoms with Crippen molar-refractivity contribution in [3.8, 4) is 17.2 Å². The minimum atomic E-state index is -1.14. The topological polar surface area (TPSA) is 91.2 Å². The van der Waals surface area contributed by atoms with Crippen LogP contribution in [0, 0.1) is 23.1 Å². The molecule has 4 aliphatic rings. The molecule has 2 saturated heterocycles. The third-order valence-electron chi connectivity index (χ3n) is 7.15. The number of halogens is 1. The number of piperidine rings is 2. The molecule has 2 aromatic rings. The lowest BCUT2D eigenvalue weighted by atomic mass is 9.76. The zero-order valence-electron chi connectivity index (χ0n) is 18.5. The van der Waals surface area contributed by atoms with Crippen molar-refractivity contribution in [1.82, 2.24) is 14.9 Å². The molecular formula is C25H27FN4O2S. The summed E-state index contributed by atoms with van der Waals surface area (Å²) in [6, 6.07) is 12.1. The van der Waals surface area contributed by atoms with Crippen molar-refractivity contribution >= 4 is 17.3 Å². The molecule has 2 unspecified atom stereocenters. The van der Waals surface area contributed by atoms with Gasteiger partial charge in [0.25, 0.3) is 0 Å². The number of rotatable bonds is 5. The van der Waals surface area contributed by atoms with Gasteiger partial charge in [-0.05, 0) is 72.6 Å². The summed E-state index contributed by atoms with van der Waals surface area (Å²) in [5, 5.41) is 15.8. The minimum absolute atomic E-state index is 0.114. The zero-order valence-corrected chi connectivity index (χ0v) is 19.3. The van der Waals surface area contributed by atoms with E-state index in [1.165, 1.54) is 6.07 Å². The first-order valence-electron chi connectivity index (χ1n) is 11.4. The van der Waals surface area contributed by atoms with Gasteiger partial charge in [0.2, 0.25) is 5.91 Å². The number of nitrogens with one attached hydrogen (secondary N) is 2. The highest BCUT2D eigenvalue weighted by molar-refractivity contribution is 7.89. The van der Waals surface area contributed by atoms with Crippen LogP contribution in [0.5, 0.6) is 0 Å². The molecular weight excluding hydrogens is 439 g/mol. The highest BCUT2D eigenvalue weighted by atomic mass is 32.2. The maximum Gasteiger partial charge on any atom is 0.238 e. The molecule has 0 aromatic heterocycles. The molecule has 6 rings (SSSR count). The summed E-state index contributed by atoms with van der Waals surface area (Å²) >= 11 is -1.14. The van der Waals surface area contributed by atoms with Crippen molar-refractivity contribution in [2.45, 2.75) is 61.7 Å². The fraction of sp³-hybridized carbons (Fsp3) is 0.440. The summed E-state index contributed by atoms with van der Waals surface area (Å²) in [5.41, 5.74) is 2.95. The van der Waals surface area contributed by atoms with Crippen LogP contribution in [-0.2, 0) is 29.1 Å². The Bertz CT molecular complexity index is 1110. The monoisotopic (exact) mass is 466 g/mol. The Morgan fingerprint density at radius 2 is 2.00 bits per heavy atom. The fourth-order valence-electron chi connectivity index (χ4n) is 5.32. The molecule has 33 heavy (non-hydrogen) atoms. The molecule has 3 heterocycles. The lowest BCUT2D eigenvalue weighted by molar-refractivity contribution is -0.127. The van der Waals surface area contributed by atoms with E-state index in [9.17, 15) is 19.0 Å². The van der Waals surface area contributed by atoms with E-state index in [0.29, 0.717) is 24.1 Å². The van der Waals surface area contributed by atoms with Crippen LogP contribution in [0.4, 0.5) is 4.39 Å². The van der Waals surface area contributed by atoms with Crippen LogP contribution in [0.25, 0.3) is 11.1 Å². The molecule has 0 spiro atoms. The Hall–Kier alpha value is -2.44. The van der Waals surface area contributed by atoms with E-state index in [4.69, 9.17) is 0 Å². The van der Waals surface area contributed by atoms with Crippen LogP contribution in [0.3, 0.4) is 0 Å². The van der Waals surface area contributed by atoms with E-state index in [2.05, 4.69) is 16.7 Å². The van der Waals surface area contributed by atoms with Crippen LogP contribution >= 0.6 is 0 Å². The van der Waals surface area contributed by atoms with Crippen molar-refractivity contribution in [3.63, 3.8) is 0 Å². The largest absolute Gasteiger partial charge is 0.593 e. The fourth-order valence-corrected chi connectivity index (χ4v) is 6.45. The van der Waals surface area contributed by atoms with Gasteiger partial charge in [-0.15, -0.1) is 4.31 Å². The van der Waals surface area contributed by atoms with Gasteiger partial charge in [0.1, 0.15) is 11.9 Å². The highest BCUT2D eigenvalue weighted by Crippen LogP contribution is 2.34. The molecule has 8 heteroatoms. The predicted molar refractivity (Wildman–Crippen MR) is 124 cm³/mol. The summed E-state index contributed by atoms with van der Waals surface area (Å²) < 4.78 is 28.9. The first-order chi connectivity index (χ1) is 15.9. The van der Waals surface area contributed by atoms with Crippen molar-refractivity contribution in [2.24, 2.45) is 5.92 Å². The third-order valence-corrected chi connectivity index (χ3v) is 8.62. The smallest absolute Gasteiger partial charge is 0.238 e. The van der Waals surface area contributed by atoms with Crippen LogP contribution in [0.2, 0.25) is 0 Å². The summed E-state index contributed by atoms with van der Waals surface area (Å²) in [5.74, 6) is -0.249. The summed E-state index contributed by atoms with van der Waals surface area (Å²) in [4.78, 5) is 13.6. The van der Waals surface area contributed by atoms with Gasteiger partial charge in [-0.2, -0.15) is 5.26 Å². The molecule has 3 aliphatic heterocycles. The average Bonchev–Trinajstić information content (AvgIpc) is 3.13. The van der Waals surface area contributed by atoms with Crippen molar-refractivity contribution in [1.29, 1.82) is 5.26 Å². The van der Waals surface area contributed by atoms with E-state index < -0.39 is 23.2 Å². The number of hydrogen-bond acceptors (Lipinski definition) is 5. The predicted octanol–water partition coefficient (Wildman–Crippen LogP) is 3.04. The number of carbonyl (C=O) groups excluding carboxylic acids is 1. The molecule has 1 saturated carbocycles. The summed E-state index contributed by atoms with van der Waals surface area (Å²) in [6.07, 6.45) is 4.40. The summed E-state index contributed by atoms with van der Waals surface area (Å²) in [6.45, 7) is 0.595. The van der Waals surface area contributed by atoms with Crippen LogP contribution < -0.4 is 10.6 Å². The second kappa shape index (κ2) is 9.07. The number of carbonyl (C=O) groups is 1. The van der Waals surface area contributed by atoms with Gasteiger partial charge in [0.15, 0.2) is 4.90 Å². The Balaban J connectivity index is 1.27. The van der Waals surface area contributed by atoms with Crippen molar-refractivity contribution in [3.05, 3.63) is 53.3 Å². The molecule has 0 radical (unpaired) electrons. The minimum Gasteiger partial charge on any atom is -0.593 e. The normalized spacial score (nSPS) is 27.1. The molecule has 3 fully saturated rings. The molecule has 172 valence electrons. The Morgan fingerprint density at radius 3 is 2.67 bits per heavy atom. The first-order valence-corrected chi connectivity index (χ1v) is 12.5. The Kier molecular flexibility index (Phi) is 6.14. The average molecular weight is 467 g/mol. The molecule has 2 N–H and O–H groups in total. The number of nitrogens with zero attached hydrogens (tertiary/aromatic N) is 2. The van der Waals surface area contributed by atoms with Crippen LogP contribution in [-0.4, -0.2) is 39.9 Å². The van der Waals surface area contributed by atoms with Gasteiger partial charge in [-0.1, -0.05) is 12.1 Å². The zero-order chi connectivity index (χ0) is 23.1. The van der Waals surface area contributed by atoms with Gasteiger partial charge < -0.3 is 15.2 Å². The lowest BCUT2D eigenvalue weighted by Crippen LogP contribution is -2.59. The number of nitriles is 1. The number of amides is 1. The van der Waals surface area contributed by atoms with Crippen LogP contribution in [0.15, 0.2) is 41.3 Å². The Morgan fingerprint density at radius 1 is 1.27 bits per heavy atom. The molecule has 2 aromatic carbocycles. The van der Waals surface area contributed by atoms with E-state index in [1.54, 1.807) is 10.4 Å². The quantitative estimate of drug-likeness (QED) is 0.661. The van der Waals surface area contributed by atoms with Gasteiger partial charge >= 0.3 is 0 Å². The Labute approximate surface area is 196 Å². The second-order valence-corrected chi connectivity index (χ2v) is 10.9. The SMILES string of the molecule is CN1Cc2cc(-c3ccc(C[C@@H](C#N)NC(=O)C4NC5CCC4CC5)c(F)c3)ccc2[S+]1[O-]. The standard InChI is InChI=1S/C25H27FN4O2S/c1-30-14-19-10-16(6-9-23(19)33(30)32)17-2-3-18(22(26)12-17)11-21(13-27)29-25(31)24-15-4-7-20(28-24)8-5-15/h2-3,6,9-10,12,15,20-21,24,28H,4-5,7-8,11,14H2,1H3,(H,29,31)/t15?,20?,21-,24?,33?/m0/s1. The number of hydrogen-bond donors (Lipinski definition) is 2. The van der Waals surface area contributed by atoms with Crippen molar-refractivity contribution < 1.29 is 13.7 Å². The second-order valence-electron chi connectivity index (χ2n) is 9.31. The number of benzene rings is 2. The first kappa shape index (κ1) is 22.4.